The van der Waals surface area contributed by atoms with Crippen LogP contribution in [0.25, 0.3) is 0 Å². The van der Waals surface area contributed by atoms with Gasteiger partial charge in [0.05, 0.1) is 5.56 Å². The fraction of sp³-hybridized carbons (Fsp3) is 0.235. The fourth-order valence-electron chi connectivity index (χ4n) is 2.16. The van der Waals surface area contributed by atoms with Crippen LogP contribution in [0, 0.1) is 6.92 Å². The van der Waals surface area contributed by atoms with Crippen LogP contribution in [-0.4, -0.2) is 5.97 Å². The summed E-state index contributed by atoms with van der Waals surface area (Å²) in [5.74, 6) is -0.246. The lowest BCUT2D eigenvalue weighted by Crippen LogP contribution is -2.09. The van der Waals surface area contributed by atoms with Crippen molar-refractivity contribution in [2.75, 3.05) is 0 Å². The van der Waals surface area contributed by atoms with E-state index in [2.05, 4.69) is 6.92 Å². The van der Waals surface area contributed by atoms with Gasteiger partial charge in [-0.2, -0.15) is 0 Å². The molecular weight excluding hydrogens is 236 g/mol. The molecule has 0 saturated carbocycles. The highest BCUT2D eigenvalue weighted by Crippen LogP contribution is 2.16. The number of aryl methyl sites for hydroxylation is 1. The van der Waals surface area contributed by atoms with E-state index in [1.807, 2.05) is 55.5 Å². The van der Waals surface area contributed by atoms with E-state index in [9.17, 15) is 4.79 Å². The van der Waals surface area contributed by atoms with Crippen molar-refractivity contribution in [3.8, 4) is 0 Å². The smallest absolute Gasteiger partial charge is 0.338 e. The van der Waals surface area contributed by atoms with Gasteiger partial charge in [0.25, 0.3) is 0 Å². The summed E-state index contributed by atoms with van der Waals surface area (Å²) in [7, 11) is 0. The van der Waals surface area contributed by atoms with E-state index >= 15 is 0 Å². The maximum Gasteiger partial charge on any atom is 0.338 e. The number of esters is 1. The van der Waals surface area contributed by atoms with Gasteiger partial charge in [0.2, 0.25) is 0 Å². The van der Waals surface area contributed by atoms with Crippen LogP contribution in [-0.2, 0) is 17.8 Å². The molecule has 2 rings (SSSR count). The first-order valence-electron chi connectivity index (χ1n) is 6.52. The summed E-state index contributed by atoms with van der Waals surface area (Å²) in [4.78, 5) is 12.1. The maximum atomic E-state index is 12.1. The standard InChI is InChI=1S/C17H18O2/c1-3-15-13(2)8-7-11-16(15)17(18)19-12-14-9-5-4-6-10-14/h4-11H,3,12H2,1-2H3. The lowest BCUT2D eigenvalue weighted by molar-refractivity contribution is 0.0471. The molecule has 0 unspecified atom stereocenters. The molecule has 0 aliphatic rings. The Morgan fingerprint density at radius 1 is 1.05 bits per heavy atom. The van der Waals surface area contributed by atoms with Crippen molar-refractivity contribution in [2.45, 2.75) is 26.9 Å². The van der Waals surface area contributed by atoms with Gasteiger partial charge >= 0.3 is 5.97 Å². The first kappa shape index (κ1) is 13.3. The topological polar surface area (TPSA) is 26.3 Å². The van der Waals surface area contributed by atoms with Crippen LogP contribution in [0.15, 0.2) is 48.5 Å². The van der Waals surface area contributed by atoms with Crippen molar-refractivity contribution in [2.24, 2.45) is 0 Å². The molecule has 0 radical (unpaired) electrons. The van der Waals surface area contributed by atoms with Crippen LogP contribution < -0.4 is 0 Å². The average Bonchev–Trinajstić information content (AvgIpc) is 2.45. The van der Waals surface area contributed by atoms with E-state index in [4.69, 9.17) is 4.74 Å². The number of ether oxygens (including phenoxy) is 1. The molecule has 2 heteroatoms. The summed E-state index contributed by atoms with van der Waals surface area (Å²) in [6, 6.07) is 15.5. The molecule has 0 heterocycles. The first-order valence-corrected chi connectivity index (χ1v) is 6.52. The molecule has 0 atom stereocenters. The van der Waals surface area contributed by atoms with E-state index in [1.165, 1.54) is 0 Å². The van der Waals surface area contributed by atoms with E-state index in [0.717, 1.165) is 23.1 Å². The van der Waals surface area contributed by atoms with Gasteiger partial charge in [-0.05, 0) is 36.1 Å². The minimum atomic E-state index is -0.246. The van der Waals surface area contributed by atoms with E-state index in [-0.39, 0.29) is 5.97 Å². The van der Waals surface area contributed by atoms with Crippen LogP contribution in [0.3, 0.4) is 0 Å². The Balaban J connectivity index is 2.10. The number of rotatable bonds is 4. The van der Waals surface area contributed by atoms with Gasteiger partial charge < -0.3 is 4.74 Å². The van der Waals surface area contributed by atoms with E-state index in [1.54, 1.807) is 0 Å². The summed E-state index contributed by atoms with van der Waals surface area (Å²) in [6.07, 6.45) is 0.836. The molecule has 0 amide bonds. The minimum Gasteiger partial charge on any atom is -0.457 e. The zero-order valence-electron chi connectivity index (χ0n) is 11.3. The summed E-state index contributed by atoms with van der Waals surface area (Å²) in [6.45, 7) is 4.39. The van der Waals surface area contributed by atoms with Gasteiger partial charge in [-0.25, -0.2) is 4.79 Å². The van der Waals surface area contributed by atoms with Crippen LogP contribution in [0.5, 0.6) is 0 Å². The predicted octanol–water partition coefficient (Wildman–Crippen LogP) is 3.91. The van der Waals surface area contributed by atoms with Crippen molar-refractivity contribution in [1.82, 2.24) is 0 Å². The molecule has 0 bridgehead atoms. The second kappa shape index (κ2) is 6.19. The third kappa shape index (κ3) is 3.22. The Morgan fingerprint density at radius 3 is 2.47 bits per heavy atom. The first-order chi connectivity index (χ1) is 9.22. The predicted molar refractivity (Wildman–Crippen MR) is 76.1 cm³/mol. The molecule has 0 spiro atoms. The zero-order valence-corrected chi connectivity index (χ0v) is 11.3. The highest BCUT2D eigenvalue weighted by atomic mass is 16.5. The number of carbonyl (C=O) groups excluding carboxylic acids is 1. The molecule has 2 aromatic carbocycles. The Kier molecular flexibility index (Phi) is 4.35. The van der Waals surface area contributed by atoms with Crippen LogP contribution in [0.4, 0.5) is 0 Å². The molecule has 2 nitrogen and oxygen atoms in total. The maximum absolute atomic E-state index is 12.1. The second-order valence-corrected chi connectivity index (χ2v) is 4.52. The van der Waals surface area contributed by atoms with Crippen LogP contribution in [0.2, 0.25) is 0 Å². The molecule has 0 fully saturated rings. The molecule has 0 aliphatic carbocycles. The lowest BCUT2D eigenvalue weighted by atomic mass is 10.00. The molecule has 19 heavy (non-hydrogen) atoms. The van der Waals surface area contributed by atoms with Gasteiger partial charge in [-0.1, -0.05) is 49.4 Å². The third-order valence-corrected chi connectivity index (χ3v) is 3.20. The highest BCUT2D eigenvalue weighted by Gasteiger charge is 2.13. The van der Waals surface area contributed by atoms with Gasteiger partial charge in [0.15, 0.2) is 0 Å². The third-order valence-electron chi connectivity index (χ3n) is 3.20. The zero-order chi connectivity index (χ0) is 13.7. The molecule has 0 saturated heterocycles. The summed E-state index contributed by atoms with van der Waals surface area (Å²) >= 11 is 0. The normalized spacial score (nSPS) is 10.2. The molecule has 0 N–H and O–H groups in total. The minimum absolute atomic E-state index is 0.246. The lowest BCUT2D eigenvalue weighted by Gasteiger charge is -2.10. The largest absolute Gasteiger partial charge is 0.457 e. The van der Waals surface area contributed by atoms with Crippen molar-refractivity contribution >= 4 is 5.97 Å². The van der Waals surface area contributed by atoms with Gasteiger partial charge in [0, 0.05) is 0 Å². The Hall–Kier alpha value is -2.09. The van der Waals surface area contributed by atoms with Crippen LogP contribution in [0.1, 0.15) is 34.0 Å². The Labute approximate surface area is 114 Å². The number of hydrogen-bond donors (Lipinski definition) is 0. The Bertz CT molecular complexity index is 559. The Morgan fingerprint density at radius 2 is 1.79 bits per heavy atom. The summed E-state index contributed by atoms with van der Waals surface area (Å²) in [5, 5.41) is 0. The van der Waals surface area contributed by atoms with Crippen molar-refractivity contribution in [3.05, 3.63) is 70.8 Å². The monoisotopic (exact) mass is 254 g/mol. The van der Waals surface area contributed by atoms with Gasteiger partial charge in [-0.3, -0.25) is 0 Å². The molecule has 0 aliphatic heterocycles. The van der Waals surface area contributed by atoms with Crippen molar-refractivity contribution < 1.29 is 9.53 Å². The fourth-order valence-corrected chi connectivity index (χ4v) is 2.16. The number of carbonyl (C=O) groups is 1. The molecule has 2 aromatic rings. The SMILES string of the molecule is CCc1c(C)cccc1C(=O)OCc1ccccc1. The van der Waals surface area contributed by atoms with Gasteiger partial charge in [-0.15, -0.1) is 0 Å². The molecule has 0 aromatic heterocycles. The summed E-state index contributed by atoms with van der Waals surface area (Å²) < 4.78 is 5.37. The molecular formula is C17H18O2. The molecule has 98 valence electrons. The van der Waals surface area contributed by atoms with Crippen LogP contribution >= 0.6 is 0 Å². The quantitative estimate of drug-likeness (QED) is 0.773. The average molecular weight is 254 g/mol. The van der Waals surface area contributed by atoms with Crippen molar-refractivity contribution in [1.29, 1.82) is 0 Å². The van der Waals surface area contributed by atoms with E-state index in [0.29, 0.717) is 12.2 Å². The van der Waals surface area contributed by atoms with Gasteiger partial charge in [0.1, 0.15) is 6.61 Å². The number of benzene rings is 2. The second-order valence-electron chi connectivity index (χ2n) is 4.52. The number of hydrogen-bond acceptors (Lipinski definition) is 2. The summed E-state index contributed by atoms with van der Waals surface area (Å²) in [5.41, 5.74) is 3.89. The van der Waals surface area contributed by atoms with E-state index < -0.39 is 0 Å². The highest BCUT2D eigenvalue weighted by molar-refractivity contribution is 5.91. The van der Waals surface area contributed by atoms with Crippen molar-refractivity contribution in [3.63, 3.8) is 0 Å².